The van der Waals surface area contributed by atoms with Crippen molar-refractivity contribution in [3.8, 4) is 0 Å². The third-order valence-corrected chi connectivity index (χ3v) is 6.55. The molecule has 0 saturated carbocycles. The summed E-state index contributed by atoms with van der Waals surface area (Å²) in [6.07, 6.45) is 2.93. The van der Waals surface area contributed by atoms with E-state index in [4.69, 9.17) is 0 Å². The van der Waals surface area contributed by atoms with Crippen molar-refractivity contribution in [3.05, 3.63) is 70.3 Å². The quantitative estimate of drug-likeness (QED) is 0.237. The van der Waals surface area contributed by atoms with Crippen LogP contribution in [0.5, 0.6) is 0 Å². The first-order chi connectivity index (χ1) is 14.8. The normalized spacial score (nSPS) is 11.6. The lowest BCUT2D eigenvalue weighted by Gasteiger charge is -2.18. The fourth-order valence-electron chi connectivity index (χ4n) is 2.86. The maximum atomic E-state index is 12.5. The molecule has 0 fully saturated rings. The van der Waals surface area contributed by atoms with Gasteiger partial charge >= 0.3 is 0 Å². The fraction of sp³-hybridized carbons (Fsp3) is 0.286. The van der Waals surface area contributed by atoms with Crippen LogP contribution in [0.4, 0.5) is 11.4 Å². The number of nitro groups is 1. The molecule has 2 rings (SSSR count). The van der Waals surface area contributed by atoms with E-state index >= 15 is 0 Å². The number of rotatable bonds is 11. The van der Waals surface area contributed by atoms with Crippen molar-refractivity contribution < 1.29 is 18.1 Å². The molecule has 0 heterocycles. The van der Waals surface area contributed by atoms with Gasteiger partial charge in [-0.2, -0.15) is 4.31 Å². The molecule has 2 aromatic rings. The average Bonchev–Trinajstić information content (AvgIpc) is 2.76. The topological polar surface area (TPSA) is 122 Å². The molecule has 2 N–H and O–H groups in total. The molecule has 166 valence electrons. The highest BCUT2D eigenvalue weighted by Gasteiger charge is 2.20. The average molecular weight is 447 g/mol. The Bertz CT molecular complexity index is 1030. The molecule has 0 radical (unpaired) electrons. The lowest BCUT2D eigenvalue weighted by molar-refractivity contribution is -0.384. The number of anilines is 1. The highest BCUT2D eigenvalue weighted by Crippen LogP contribution is 2.22. The molecule has 0 aliphatic rings. The number of sulfonamides is 1. The van der Waals surface area contributed by atoms with Crippen LogP contribution < -0.4 is 10.6 Å². The molecule has 0 bridgehead atoms. The number of para-hydroxylation sites is 2. The summed E-state index contributed by atoms with van der Waals surface area (Å²) >= 11 is 0. The highest BCUT2D eigenvalue weighted by atomic mass is 32.2. The Hall–Kier alpha value is -3.24. The molecule has 0 aromatic heterocycles. The Kier molecular flexibility index (Phi) is 8.71. The van der Waals surface area contributed by atoms with Crippen molar-refractivity contribution >= 4 is 33.4 Å². The zero-order valence-electron chi connectivity index (χ0n) is 17.4. The van der Waals surface area contributed by atoms with Crippen LogP contribution >= 0.6 is 0 Å². The zero-order valence-corrected chi connectivity index (χ0v) is 18.3. The smallest absolute Gasteiger partial charge is 0.292 e. The van der Waals surface area contributed by atoms with Crippen LogP contribution in [-0.4, -0.2) is 49.7 Å². The number of nitrogens with one attached hydrogen (secondary N) is 2. The molecule has 0 unspecified atom stereocenters. The molecular formula is C21H26N4O5S. The molecular weight excluding hydrogens is 420 g/mol. The number of hydrogen-bond donors (Lipinski definition) is 2. The SMILES string of the molecule is CCN(CC)S(=O)(=O)c1ccc(/C=C/C(=O)NCCNc2ccccc2[N+](=O)[O-])cc1. The first-order valence-electron chi connectivity index (χ1n) is 9.83. The van der Waals surface area contributed by atoms with Crippen molar-refractivity contribution in [2.75, 3.05) is 31.5 Å². The number of amides is 1. The van der Waals surface area contributed by atoms with Gasteiger partial charge in [-0.25, -0.2) is 8.42 Å². The molecule has 0 aliphatic carbocycles. The van der Waals surface area contributed by atoms with Crippen molar-refractivity contribution in [2.24, 2.45) is 0 Å². The van der Waals surface area contributed by atoms with Crippen LogP contribution in [0.25, 0.3) is 6.08 Å². The van der Waals surface area contributed by atoms with Crippen molar-refractivity contribution in [1.82, 2.24) is 9.62 Å². The summed E-state index contributed by atoms with van der Waals surface area (Å²) in [5.74, 6) is -0.329. The lowest BCUT2D eigenvalue weighted by atomic mass is 10.2. The van der Waals surface area contributed by atoms with Crippen LogP contribution in [0.3, 0.4) is 0 Å². The minimum Gasteiger partial charge on any atom is -0.378 e. The van der Waals surface area contributed by atoms with Gasteiger partial charge in [-0.3, -0.25) is 14.9 Å². The van der Waals surface area contributed by atoms with Crippen LogP contribution in [0.15, 0.2) is 59.5 Å². The maximum absolute atomic E-state index is 12.5. The molecule has 10 heteroatoms. The van der Waals surface area contributed by atoms with Crippen molar-refractivity contribution in [3.63, 3.8) is 0 Å². The fourth-order valence-corrected chi connectivity index (χ4v) is 4.32. The van der Waals surface area contributed by atoms with Gasteiger partial charge in [0, 0.05) is 38.3 Å². The second kappa shape index (κ2) is 11.2. The summed E-state index contributed by atoms with van der Waals surface area (Å²) in [5, 5.41) is 16.6. The van der Waals surface area contributed by atoms with Gasteiger partial charge in [0.15, 0.2) is 0 Å². The predicted molar refractivity (Wildman–Crippen MR) is 120 cm³/mol. The van der Waals surface area contributed by atoms with E-state index in [1.54, 1.807) is 50.3 Å². The maximum Gasteiger partial charge on any atom is 0.292 e. The van der Waals surface area contributed by atoms with Crippen molar-refractivity contribution in [1.29, 1.82) is 0 Å². The highest BCUT2D eigenvalue weighted by molar-refractivity contribution is 7.89. The zero-order chi connectivity index (χ0) is 22.9. The van der Waals surface area contributed by atoms with Gasteiger partial charge in [-0.1, -0.05) is 38.1 Å². The molecule has 9 nitrogen and oxygen atoms in total. The van der Waals surface area contributed by atoms with Gasteiger partial charge < -0.3 is 10.6 Å². The Morgan fingerprint density at radius 2 is 1.71 bits per heavy atom. The number of nitrogens with zero attached hydrogens (tertiary/aromatic N) is 2. The Labute approximate surface area is 182 Å². The van der Waals surface area contributed by atoms with E-state index in [0.717, 1.165) is 0 Å². The van der Waals surface area contributed by atoms with Gasteiger partial charge in [0.2, 0.25) is 15.9 Å². The van der Waals surface area contributed by atoms with E-state index in [2.05, 4.69) is 10.6 Å². The van der Waals surface area contributed by atoms with E-state index in [-0.39, 0.29) is 23.0 Å². The van der Waals surface area contributed by atoms with Gasteiger partial charge in [-0.05, 0) is 29.8 Å². The third kappa shape index (κ3) is 6.63. The molecule has 31 heavy (non-hydrogen) atoms. The predicted octanol–water partition coefficient (Wildman–Crippen LogP) is 2.87. The van der Waals surface area contributed by atoms with E-state index < -0.39 is 14.9 Å². The summed E-state index contributed by atoms with van der Waals surface area (Å²) in [6, 6.07) is 12.6. The van der Waals surface area contributed by atoms with Gasteiger partial charge in [0.25, 0.3) is 5.69 Å². The van der Waals surface area contributed by atoms with Gasteiger partial charge in [0.05, 0.1) is 9.82 Å². The molecule has 0 aliphatic heterocycles. The minimum atomic E-state index is -3.51. The van der Waals surface area contributed by atoms with Crippen LogP contribution in [0.1, 0.15) is 19.4 Å². The van der Waals surface area contributed by atoms with E-state index in [9.17, 15) is 23.3 Å². The van der Waals surface area contributed by atoms with E-state index in [1.165, 1.54) is 28.6 Å². The molecule has 0 spiro atoms. The monoisotopic (exact) mass is 446 g/mol. The number of hydrogen-bond acceptors (Lipinski definition) is 6. The number of carbonyl (C=O) groups excluding carboxylic acids is 1. The van der Waals surface area contributed by atoms with E-state index in [1.807, 2.05) is 0 Å². The Morgan fingerprint density at radius 1 is 1.06 bits per heavy atom. The number of nitro benzene ring substituents is 1. The van der Waals surface area contributed by atoms with E-state index in [0.29, 0.717) is 30.9 Å². The Morgan fingerprint density at radius 3 is 2.32 bits per heavy atom. The lowest BCUT2D eigenvalue weighted by Crippen LogP contribution is -2.30. The number of carbonyl (C=O) groups is 1. The van der Waals surface area contributed by atoms with Crippen LogP contribution in [0.2, 0.25) is 0 Å². The summed E-state index contributed by atoms with van der Waals surface area (Å²) in [5.41, 5.74) is 1.05. The first kappa shape index (κ1) is 24.0. The van der Waals surface area contributed by atoms with Crippen molar-refractivity contribution in [2.45, 2.75) is 18.7 Å². The summed E-state index contributed by atoms with van der Waals surface area (Å²) < 4.78 is 26.3. The standard InChI is InChI=1S/C21H26N4O5S/c1-3-24(4-2)31(29,30)18-12-9-17(10-13-18)11-14-21(26)23-16-15-22-19-7-5-6-8-20(19)25(27)28/h5-14,22H,3-4,15-16H2,1-2H3,(H,23,26)/b14-11+. The summed E-state index contributed by atoms with van der Waals surface area (Å²) in [4.78, 5) is 22.7. The third-order valence-electron chi connectivity index (χ3n) is 4.49. The molecule has 0 saturated heterocycles. The second-order valence-electron chi connectivity index (χ2n) is 6.48. The Balaban J connectivity index is 1.86. The number of benzene rings is 2. The van der Waals surface area contributed by atoms with Gasteiger partial charge in [0.1, 0.15) is 5.69 Å². The summed E-state index contributed by atoms with van der Waals surface area (Å²) in [7, 11) is -3.51. The summed E-state index contributed by atoms with van der Waals surface area (Å²) in [6.45, 7) is 4.96. The minimum absolute atomic E-state index is 0.0276. The van der Waals surface area contributed by atoms with Crippen LogP contribution in [0, 0.1) is 10.1 Å². The molecule has 0 atom stereocenters. The first-order valence-corrected chi connectivity index (χ1v) is 11.3. The van der Waals surface area contributed by atoms with Gasteiger partial charge in [-0.15, -0.1) is 0 Å². The largest absolute Gasteiger partial charge is 0.378 e. The molecule has 2 aromatic carbocycles. The van der Waals surface area contributed by atoms with Crippen LogP contribution in [-0.2, 0) is 14.8 Å². The molecule has 1 amide bonds. The second-order valence-corrected chi connectivity index (χ2v) is 8.42.